The highest BCUT2D eigenvalue weighted by Gasteiger charge is 2.32. The summed E-state index contributed by atoms with van der Waals surface area (Å²) in [5.74, 6) is -0.608. The van der Waals surface area contributed by atoms with Gasteiger partial charge in [0.1, 0.15) is 0 Å². The van der Waals surface area contributed by atoms with Crippen molar-refractivity contribution in [2.45, 2.75) is 77.7 Å². The molecule has 1 aromatic heterocycles. The number of hydrogen-bond acceptors (Lipinski definition) is 4. The molecule has 2 heterocycles. The van der Waals surface area contributed by atoms with Crippen molar-refractivity contribution < 1.29 is 14.4 Å². The van der Waals surface area contributed by atoms with E-state index in [9.17, 15) is 14.4 Å². The lowest BCUT2D eigenvalue weighted by atomic mass is 9.87. The molecule has 0 spiro atoms. The Balaban J connectivity index is 1.54. The summed E-state index contributed by atoms with van der Waals surface area (Å²) in [4.78, 5) is 38.9. The second kappa shape index (κ2) is 9.54. The summed E-state index contributed by atoms with van der Waals surface area (Å²) in [6, 6.07) is 1.99. The minimum Gasteiger partial charge on any atom is -0.353 e. The first-order chi connectivity index (χ1) is 13.4. The summed E-state index contributed by atoms with van der Waals surface area (Å²) in [6.07, 6.45) is 8.54. The molecule has 154 valence electrons. The van der Waals surface area contributed by atoms with E-state index in [1.54, 1.807) is 0 Å². The molecule has 0 aromatic carbocycles. The molecule has 28 heavy (non-hydrogen) atoms. The van der Waals surface area contributed by atoms with Crippen molar-refractivity contribution in [3.05, 3.63) is 21.4 Å². The van der Waals surface area contributed by atoms with Crippen LogP contribution in [0.3, 0.4) is 0 Å². The molecule has 3 rings (SSSR count). The maximum absolute atomic E-state index is 12.5. The second-order valence-corrected chi connectivity index (χ2v) is 9.58. The van der Waals surface area contributed by atoms with E-state index in [2.05, 4.69) is 30.0 Å². The number of piperidine rings is 1. The van der Waals surface area contributed by atoms with E-state index < -0.39 is 5.92 Å². The summed E-state index contributed by atoms with van der Waals surface area (Å²) in [6.45, 7) is 4.20. The Hall–Kier alpha value is -1.89. The standard InChI is InChI=1S/C21H31N3O3S/c1-13(2)9-16-10-15(12-19(25)22-16)20(26)23-24-21(27)18-11-14-7-5-3-4-6-8-17(14)28-18/h11,13,15-16H,3-10,12H2,1-2H3,(H,22,25)(H,23,26)(H,24,27)/t15-,16+/m0/s1. The number of thiophene rings is 1. The van der Waals surface area contributed by atoms with E-state index in [0.717, 1.165) is 19.3 Å². The number of carbonyl (C=O) groups is 3. The topological polar surface area (TPSA) is 87.3 Å². The Morgan fingerprint density at radius 3 is 2.68 bits per heavy atom. The first-order valence-corrected chi connectivity index (χ1v) is 11.2. The third kappa shape index (κ3) is 5.56. The third-order valence-electron chi connectivity index (χ3n) is 5.51. The molecule has 2 atom stereocenters. The van der Waals surface area contributed by atoms with E-state index in [1.165, 1.54) is 47.5 Å². The smallest absolute Gasteiger partial charge is 0.279 e. The maximum Gasteiger partial charge on any atom is 0.279 e. The second-order valence-electron chi connectivity index (χ2n) is 8.45. The number of fused-ring (bicyclic) bond motifs is 1. The van der Waals surface area contributed by atoms with Crippen LogP contribution >= 0.6 is 11.3 Å². The van der Waals surface area contributed by atoms with Gasteiger partial charge in [-0.25, -0.2) is 0 Å². The van der Waals surface area contributed by atoms with Gasteiger partial charge in [0.25, 0.3) is 5.91 Å². The Morgan fingerprint density at radius 2 is 1.93 bits per heavy atom. The van der Waals surface area contributed by atoms with Gasteiger partial charge in [0.05, 0.1) is 10.8 Å². The van der Waals surface area contributed by atoms with E-state index in [0.29, 0.717) is 17.2 Å². The third-order valence-corrected chi connectivity index (χ3v) is 6.75. The zero-order valence-corrected chi connectivity index (χ0v) is 17.6. The molecule has 0 unspecified atom stereocenters. The molecule has 1 aliphatic carbocycles. The first-order valence-electron chi connectivity index (χ1n) is 10.4. The van der Waals surface area contributed by atoms with Crippen LogP contribution in [0.2, 0.25) is 0 Å². The number of rotatable bonds is 4. The van der Waals surface area contributed by atoms with Gasteiger partial charge in [0, 0.05) is 17.3 Å². The van der Waals surface area contributed by atoms with Crippen molar-refractivity contribution in [2.75, 3.05) is 0 Å². The fourth-order valence-corrected chi connectivity index (χ4v) is 5.31. The molecule has 3 amide bonds. The molecular weight excluding hydrogens is 374 g/mol. The van der Waals surface area contributed by atoms with Gasteiger partial charge in [-0.15, -0.1) is 11.3 Å². The van der Waals surface area contributed by atoms with Gasteiger partial charge in [-0.1, -0.05) is 26.7 Å². The van der Waals surface area contributed by atoms with Crippen molar-refractivity contribution in [1.82, 2.24) is 16.2 Å². The van der Waals surface area contributed by atoms with Crippen molar-refractivity contribution >= 4 is 29.1 Å². The van der Waals surface area contributed by atoms with Gasteiger partial charge in [0.15, 0.2) is 0 Å². The highest BCUT2D eigenvalue weighted by atomic mass is 32.1. The van der Waals surface area contributed by atoms with E-state index in [1.807, 2.05) is 6.07 Å². The van der Waals surface area contributed by atoms with Crippen LogP contribution in [0.5, 0.6) is 0 Å². The molecule has 1 fully saturated rings. The number of hydrazine groups is 1. The highest BCUT2D eigenvalue weighted by Crippen LogP contribution is 2.28. The summed E-state index contributed by atoms with van der Waals surface area (Å²) in [5, 5.41) is 2.96. The van der Waals surface area contributed by atoms with Crippen LogP contribution in [-0.2, 0) is 22.4 Å². The zero-order valence-electron chi connectivity index (χ0n) is 16.8. The minimum atomic E-state index is -0.402. The van der Waals surface area contributed by atoms with E-state index in [4.69, 9.17) is 0 Å². The molecule has 0 bridgehead atoms. The fraction of sp³-hybridized carbons (Fsp3) is 0.667. The number of nitrogens with one attached hydrogen (secondary N) is 3. The highest BCUT2D eigenvalue weighted by molar-refractivity contribution is 7.14. The van der Waals surface area contributed by atoms with Crippen LogP contribution < -0.4 is 16.2 Å². The molecule has 7 heteroatoms. The van der Waals surface area contributed by atoms with Crippen LogP contribution in [0.1, 0.15) is 78.9 Å². The molecule has 0 saturated carbocycles. The number of aryl methyl sites for hydroxylation is 2. The Morgan fingerprint density at radius 1 is 1.18 bits per heavy atom. The largest absolute Gasteiger partial charge is 0.353 e. The Bertz CT molecular complexity index is 703. The quantitative estimate of drug-likeness (QED) is 0.673. The van der Waals surface area contributed by atoms with Gasteiger partial charge in [-0.05, 0) is 56.1 Å². The lowest BCUT2D eigenvalue weighted by Gasteiger charge is -2.30. The molecule has 1 aliphatic heterocycles. The van der Waals surface area contributed by atoms with E-state index >= 15 is 0 Å². The van der Waals surface area contributed by atoms with Crippen LogP contribution in [0.4, 0.5) is 0 Å². The summed E-state index contributed by atoms with van der Waals surface area (Å²) < 4.78 is 0. The van der Waals surface area contributed by atoms with Crippen LogP contribution in [0.15, 0.2) is 6.07 Å². The monoisotopic (exact) mass is 405 g/mol. The van der Waals surface area contributed by atoms with Gasteiger partial charge in [0.2, 0.25) is 11.8 Å². The lowest BCUT2D eigenvalue weighted by Crippen LogP contribution is -2.50. The SMILES string of the molecule is CC(C)C[C@@H]1C[C@H](C(=O)NNC(=O)c2cc3c(s2)CCCCCC3)CC(=O)N1. The molecule has 1 saturated heterocycles. The molecule has 1 aromatic rings. The Kier molecular flexibility index (Phi) is 7.10. The van der Waals surface area contributed by atoms with Crippen molar-refractivity contribution in [2.24, 2.45) is 11.8 Å². The van der Waals surface area contributed by atoms with Gasteiger partial charge in [-0.3, -0.25) is 25.2 Å². The summed E-state index contributed by atoms with van der Waals surface area (Å²) in [5.41, 5.74) is 6.36. The van der Waals surface area contributed by atoms with Crippen molar-refractivity contribution in [3.8, 4) is 0 Å². The van der Waals surface area contributed by atoms with Crippen LogP contribution in [-0.4, -0.2) is 23.8 Å². The van der Waals surface area contributed by atoms with Crippen molar-refractivity contribution in [1.29, 1.82) is 0 Å². The van der Waals surface area contributed by atoms with Gasteiger partial charge in [-0.2, -0.15) is 0 Å². The van der Waals surface area contributed by atoms with Gasteiger partial charge >= 0.3 is 0 Å². The molecular formula is C21H31N3O3S. The number of amides is 3. The average Bonchev–Trinajstić information content (AvgIpc) is 3.00. The zero-order chi connectivity index (χ0) is 20.1. The van der Waals surface area contributed by atoms with E-state index in [-0.39, 0.29) is 30.2 Å². The van der Waals surface area contributed by atoms with Gasteiger partial charge < -0.3 is 5.32 Å². The minimum absolute atomic E-state index is 0.0181. The summed E-state index contributed by atoms with van der Waals surface area (Å²) in [7, 11) is 0. The molecule has 0 radical (unpaired) electrons. The fourth-order valence-electron chi connectivity index (χ4n) is 4.16. The Labute approximate surface area is 170 Å². The molecule has 3 N–H and O–H groups in total. The predicted octanol–water partition coefficient (Wildman–Crippen LogP) is 3.11. The first kappa shape index (κ1) is 20.8. The predicted molar refractivity (Wildman–Crippen MR) is 110 cm³/mol. The number of carbonyl (C=O) groups excluding carboxylic acids is 3. The van der Waals surface area contributed by atoms with Crippen molar-refractivity contribution in [3.63, 3.8) is 0 Å². The normalized spacial score (nSPS) is 22.6. The molecule has 2 aliphatic rings. The number of hydrogen-bond donors (Lipinski definition) is 3. The van der Waals surface area contributed by atoms with Crippen LogP contribution in [0.25, 0.3) is 0 Å². The average molecular weight is 406 g/mol. The molecule has 6 nitrogen and oxygen atoms in total. The van der Waals surface area contributed by atoms with Crippen LogP contribution in [0, 0.1) is 11.8 Å². The lowest BCUT2D eigenvalue weighted by molar-refractivity contribution is -0.134. The maximum atomic E-state index is 12.5. The summed E-state index contributed by atoms with van der Waals surface area (Å²) >= 11 is 1.53.